The number of ether oxygens (including phenoxy) is 1. The number of hydrogen-bond donors (Lipinski definition) is 1. The molecule has 0 radical (unpaired) electrons. The zero-order valence-corrected chi connectivity index (χ0v) is 16.1. The molecule has 1 N–H and O–H groups in total. The number of rotatable bonds is 3. The molecule has 3 heterocycles. The summed E-state index contributed by atoms with van der Waals surface area (Å²) in [6.45, 7) is 4.62. The molecule has 1 fully saturated rings. The van der Waals surface area contributed by atoms with E-state index in [2.05, 4.69) is 20.1 Å². The summed E-state index contributed by atoms with van der Waals surface area (Å²) in [6.07, 6.45) is 1.56. The fourth-order valence-electron chi connectivity index (χ4n) is 3.50. The second kappa shape index (κ2) is 7.20. The molecule has 7 nitrogen and oxygen atoms in total. The molecule has 4 rings (SSSR count). The molecule has 0 atom stereocenters. The first-order valence-electron chi connectivity index (χ1n) is 9.15. The minimum atomic E-state index is -0.395. The minimum Gasteiger partial charge on any atom is -0.496 e. The van der Waals surface area contributed by atoms with E-state index in [1.807, 2.05) is 11.9 Å². The minimum absolute atomic E-state index is 0.111. The van der Waals surface area contributed by atoms with Gasteiger partial charge in [-0.2, -0.15) is 5.10 Å². The van der Waals surface area contributed by atoms with E-state index in [0.717, 1.165) is 13.1 Å². The predicted octanol–water partition coefficient (Wildman–Crippen LogP) is 2.47. The van der Waals surface area contributed by atoms with Crippen molar-refractivity contribution in [3.8, 4) is 16.9 Å². The number of fused-ring (bicyclic) bond motifs is 1. The van der Waals surface area contributed by atoms with Crippen LogP contribution in [0.1, 0.15) is 16.2 Å². The highest BCUT2D eigenvalue weighted by Crippen LogP contribution is 2.36. The summed E-state index contributed by atoms with van der Waals surface area (Å²) in [5.74, 6) is -0.0284. The lowest BCUT2D eigenvalue weighted by molar-refractivity contribution is 0.0660. The van der Waals surface area contributed by atoms with Crippen molar-refractivity contribution in [2.45, 2.75) is 6.92 Å². The molecule has 0 unspecified atom stereocenters. The van der Waals surface area contributed by atoms with Gasteiger partial charge in [0.2, 0.25) is 0 Å². The van der Waals surface area contributed by atoms with Crippen LogP contribution in [0.2, 0.25) is 0 Å². The molecule has 0 bridgehead atoms. The number of aryl methyl sites for hydroxylation is 1. The number of pyridine rings is 1. The topological polar surface area (TPSA) is 74.3 Å². The van der Waals surface area contributed by atoms with Crippen molar-refractivity contribution in [3.05, 3.63) is 41.6 Å². The number of benzene rings is 1. The van der Waals surface area contributed by atoms with Gasteiger partial charge in [-0.3, -0.25) is 14.9 Å². The monoisotopic (exact) mass is 383 g/mol. The number of amides is 1. The van der Waals surface area contributed by atoms with E-state index in [-0.39, 0.29) is 5.91 Å². The van der Waals surface area contributed by atoms with E-state index in [4.69, 9.17) is 4.74 Å². The molecule has 1 aromatic carbocycles. The summed E-state index contributed by atoms with van der Waals surface area (Å²) in [5.41, 5.74) is 2.31. The maximum atomic E-state index is 14.6. The Balaban J connectivity index is 1.77. The van der Waals surface area contributed by atoms with Crippen LogP contribution in [0.5, 0.6) is 5.75 Å². The van der Waals surface area contributed by atoms with E-state index in [1.165, 1.54) is 7.11 Å². The van der Waals surface area contributed by atoms with Gasteiger partial charge in [0, 0.05) is 48.9 Å². The van der Waals surface area contributed by atoms with Gasteiger partial charge in [0.15, 0.2) is 11.5 Å². The van der Waals surface area contributed by atoms with E-state index < -0.39 is 5.82 Å². The van der Waals surface area contributed by atoms with Crippen molar-refractivity contribution in [2.75, 3.05) is 40.3 Å². The summed E-state index contributed by atoms with van der Waals surface area (Å²) in [6, 6.07) is 5.12. The van der Waals surface area contributed by atoms with Gasteiger partial charge in [0.1, 0.15) is 5.75 Å². The number of carbonyl (C=O) groups excluding carboxylic acids is 1. The Morgan fingerprint density at radius 2 is 1.96 bits per heavy atom. The summed E-state index contributed by atoms with van der Waals surface area (Å²) >= 11 is 0. The van der Waals surface area contributed by atoms with E-state index in [9.17, 15) is 9.18 Å². The van der Waals surface area contributed by atoms with Crippen LogP contribution in [-0.4, -0.2) is 71.2 Å². The molecule has 1 saturated heterocycles. The third kappa shape index (κ3) is 3.09. The number of piperazine rings is 1. The molecular weight excluding hydrogens is 361 g/mol. The second-order valence-electron chi connectivity index (χ2n) is 7.02. The van der Waals surface area contributed by atoms with Gasteiger partial charge in [-0.25, -0.2) is 4.39 Å². The molecule has 8 heteroatoms. The Labute approximate surface area is 162 Å². The molecule has 146 valence electrons. The summed E-state index contributed by atoms with van der Waals surface area (Å²) in [7, 11) is 3.57. The lowest BCUT2D eigenvalue weighted by Crippen LogP contribution is -2.47. The van der Waals surface area contributed by atoms with Gasteiger partial charge in [-0.1, -0.05) is 0 Å². The van der Waals surface area contributed by atoms with Crippen LogP contribution in [0.4, 0.5) is 4.39 Å². The highest BCUT2D eigenvalue weighted by molar-refractivity contribution is 6.06. The van der Waals surface area contributed by atoms with Gasteiger partial charge in [0.25, 0.3) is 5.91 Å². The largest absolute Gasteiger partial charge is 0.496 e. The number of halogens is 1. The average Bonchev–Trinajstić information content (AvgIpc) is 3.12. The van der Waals surface area contributed by atoms with Crippen molar-refractivity contribution in [2.24, 2.45) is 0 Å². The Hall–Kier alpha value is -3.00. The second-order valence-corrected chi connectivity index (χ2v) is 7.02. The average molecular weight is 383 g/mol. The lowest BCUT2D eigenvalue weighted by atomic mass is 10.0. The standard InChI is InChI=1S/C20H22FN5O2/c1-12-18(21)13(4-5-22-12)14-10-16-15(11-17(14)28-3)19(24-23-16)20(27)26-8-6-25(2)7-9-26/h4-5,10-11H,6-9H2,1-3H3,(H,23,24). The van der Waals surface area contributed by atoms with Crippen molar-refractivity contribution in [3.63, 3.8) is 0 Å². The molecule has 1 amide bonds. The Kier molecular flexibility index (Phi) is 4.72. The van der Waals surface area contributed by atoms with Crippen molar-refractivity contribution >= 4 is 16.8 Å². The van der Waals surface area contributed by atoms with Crippen molar-refractivity contribution in [1.29, 1.82) is 0 Å². The first-order chi connectivity index (χ1) is 13.5. The van der Waals surface area contributed by atoms with Crippen LogP contribution in [0.15, 0.2) is 24.4 Å². The van der Waals surface area contributed by atoms with E-state index >= 15 is 0 Å². The fourth-order valence-corrected chi connectivity index (χ4v) is 3.50. The molecule has 0 aliphatic carbocycles. The molecule has 3 aromatic rings. The highest BCUT2D eigenvalue weighted by atomic mass is 19.1. The number of likely N-dealkylation sites (N-methyl/N-ethyl adjacent to an activating group) is 1. The predicted molar refractivity (Wildman–Crippen MR) is 104 cm³/mol. The number of aromatic nitrogens is 3. The molecule has 2 aromatic heterocycles. The van der Waals surface area contributed by atoms with Gasteiger partial charge < -0.3 is 14.5 Å². The zero-order valence-electron chi connectivity index (χ0n) is 16.1. The van der Waals surface area contributed by atoms with Crippen molar-refractivity contribution in [1.82, 2.24) is 25.0 Å². The number of H-pyrrole nitrogens is 1. The van der Waals surface area contributed by atoms with Crippen LogP contribution in [0, 0.1) is 12.7 Å². The Bertz CT molecular complexity index is 1040. The van der Waals surface area contributed by atoms with Gasteiger partial charge in [-0.05, 0) is 32.2 Å². The van der Waals surface area contributed by atoms with Crippen LogP contribution in [-0.2, 0) is 0 Å². The maximum absolute atomic E-state index is 14.6. The SMILES string of the molecule is COc1cc2c(C(=O)N3CCN(C)CC3)n[nH]c2cc1-c1ccnc(C)c1F. The molecule has 1 aliphatic rings. The summed E-state index contributed by atoms with van der Waals surface area (Å²) in [5, 5.41) is 7.82. The molecule has 1 aliphatic heterocycles. The number of hydrogen-bond acceptors (Lipinski definition) is 5. The quantitative estimate of drug-likeness (QED) is 0.752. The van der Waals surface area contributed by atoms with Crippen LogP contribution in [0.3, 0.4) is 0 Å². The number of nitrogens with one attached hydrogen (secondary N) is 1. The molecule has 0 saturated carbocycles. The van der Waals surface area contributed by atoms with Crippen molar-refractivity contribution < 1.29 is 13.9 Å². The first-order valence-corrected chi connectivity index (χ1v) is 9.15. The highest BCUT2D eigenvalue weighted by Gasteiger charge is 2.25. The number of nitrogens with zero attached hydrogens (tertiary/aromatic N) is 4. The normalized spacial score (nSPS) is 15.2. The number of carbonyl (C=O) groups is 1. The maximum Gasteiger partial charge on any atom is 0.275 e. The van der Waals surface area contributed by atoms with Gasteiger partial charge in [-0.15, -0.1) is 0 Å². The molecular formula is C20H22FN5O2. The summed E-state index contributed by atoms with van der Waals surface area (Å²) in [4.78, 5) is 20.9. The zero-order chi connectivity index (χ0) is 19.8. The van der Waals surface area contributed by atoms with Crippen LogP contribution < -0.4 is 4.74 Å². The number of aromatic amines is 1. The van der Waals surface area contributed by atoms with E-state index in [1.54, 1.807) is 31.3 Å². The smallest absolute Gasteiger partial charge is 0.275 e. The third-order valence-corrected chi connectivity index (χ3v) is 5.23. The lowest BCUT2D eigenvalue weighted by Gasteiger charge is -2.32. The van der Waals surface area contributed by atoms with Gasteiger partial charge in [0.05, 0.1) is 18.3 Å². The number of methoxy groups -OCH3 is 1. The third-order valence-electron chi connectivity index (χ3n) is 5.23. The molecule has 0 spiro atoms. The van der Waals surface area contributed by atoms with Crippen LogP contribution >= 0.6 is 0 Å². The van der Waals surface area contributed by atoms with Gasteiger partial charge >= 0.3 is 0 Å². The Morgan fingerprint density at radius 3 is 2.68 bits per heavy atom. The van der Waals surface area contributed by atoms with E-state index in [0.29, 0.717) is 52.3 Å². The van der Waals surface area contributed by atoms with Crippen LogP contribution in [0.25, 0.3) is 22.0 Å². The fraction of sp³-hybridized carbons (Fsp3) is 0.350. The Morgan fingerprint density at radius 1 is 1.21 bits per heavy atom. The first kappa shape index (κ1) is 18.4. The molecule has 28 heavy (non-hydrogen) atoms. The summed E-state index contributed by atoms with van der Waals surface area (Å²) < 4.78 is 20.1.